The van der Waals surface area contributed by atoms with Crippen molar-refractivity contribution < 1.29 is 0 Å². The van der Waals surface area contributed by atoms with Crippen molar-refractivity contribution >= 4 is 0 Å². The number of hydrogen-bond donors (Lipinski definition) is 0. The normalized spacial score (nSPS) is 19.2. The SMILES string of the molecule is CC(C)=C1CCCCCN1C(C)C. The molecule has 0 aromatic rings. The van der Waals surface area contributed by atoms with E-state index in [1.165, 1.54) is 37.8 Å². The zero-order chi connectivity index (χ0) is 9.84. The Morgan fingerprint density at radius 2 is 1.85 bits per heavy atom. The molecule has 0 bridgehead atoms. The van der Waals surface area contributed by atoms with E-state index in [4.69, 9.17) is 0 Å². The summed E-state index contributed by atoms with van der Waals surface area (Å²) in [6.45, 7) is 10.4. The fourth-order valence-electron chi connectivity index (χ4n) is 2.14. The highest BCUT2D eigenvalue weighted by atomic mass is 15.2. The molecule has 0 aromatic heterocycles. The highest BCUT2D eigenvalue weighted by Gasteiger charge is 2.16. The molecule has 0 N–H and O–H groups in total. The summed E-state index contributed by atoms with van der Waals surface area (Å²) < 4.78 is 0. The maximum absolute atomic E-state index is 2.59. The highest BCUT2D eigenvalue weighted by Crippen LogP contribution is 2.24. The average Bonchev–Trinajstić information content (AvgIpc) is 2.27. The van der Waals surface area contributed by atoms with Gasteiger partial charge in [-0.15, -0.1) is 0 Å². The molecule has 1 nitrogen and oxygen atoms in total. The average molecular weight is 181 g/mol. The summed E-state index contributed by atoms with van der Waals surface area (Å²) in [5.74, 6) is 0. The van der Waals surface area contributed by atoms with Gasteiger partial charge in [0.1, 0.15) is 0 Å². The molecule has 0 aromatic carbocycles. The largest absolute Gasteiger partial charge is 0.372 e. The summed E-state index contributed by atoms with van der Waals surface area (Å²) in [4.78, 5) is 2.59. The molecular weight excluding hydrogens is 158 g/mol. The molecule has 1 rings (SSSR count). The fraction of sp³-hybridized carbons (Fsp3) is 0.833. The first-order valence-corrected chi connectivity index (χ1v) is 5.56. The van der Waals surface area contributed by atoms with Crippen LogP contribution in [0.5, 0.6) is 0 Å². The first kappa shape index (κ1) is 10.6. The molecule has 1 fully saturated rings. The number of rotatable bonds is 1. The molecule has 0 radical (unpaired) electrons. The quantitative estimate of drug-likeness (QED) is 0.598. The monoisotopic (exact) mass is 181 g/mol. The summed E-state index contributed by atoms with van der Waals surface area (Å²) >= 11 is 0. The van der Waals surface area contributed by atoms with Crippen LogP contribution in [0.25, 0.3) is 0 Å². The van der Waals surface area contributed by atoms with E-state index in [1.54, 1.807) is 5.70 Å². The summed E-state index contributed by atoms with van der Waals surface area (Å²) in [6.07, 6.45) is 5.44. The standard InChI is InChI=1S/C12H23N/c1-10(2)12-8-6-5-7-9-13(12)11(3)4/h11H,5-9H2,1-4H3. The zero-order valence-corrected chi connectivity index (χ0v) is 9.56. The van der Waals surface area contributed by atoms with Crippen LogP contribution in [-0.4, -0.2) is 17.5 Å². The van der Waals surface area contributed by atoms with E-state index in [9.17, 15) is 0 Å². The number of allylic oxidation sites excluding steroid dienone is 2. The van der Waals surface area contributed by atoms with Gasteiger partial charge in [-0.2, -0.15) is 0 Å². The second-order valence-corrected chi connectivity index (χ2v) is 4.54. The van der Waals surface area contributed by atoms with Crippen LogP contribution in [0.1, 0.15) is 53.4 Å². The fourth-order valence-corrected chi connectivity index (χ4v) is 2.14. The lowest BCUT2D eigenvalue weighted by molar-refractivity contribution is 0.281. The summed E-state index contributed by atoms with van der Waals surface area (Å²) in [5, 5.41) is 0. The maximum atomic E-state index is 2.59. The van der Waals surface area contributed by atoms with Crippen molar-refractivity contribution in [3.05, 3.63) is 11.3 Å². The van der Waals surface area contributed by atoms with Crippen molar-refractivity contribution in [1.82, 2.24) is 4.90 Å². The first-order chi connectivity index (χ1) is 6.13. The third-order valence-electron chi connectivity index (χ3n) is 2.86. The van der Waals surface area contributed by atoms with Crippen LogP contribution in [0.3, 0.4) is 0 Å². The molecule has 0 spiro atoms. The molecule has 1 aliphatic heterocycles. The van der Waals surface area contributed by atoms with Crippen LogP contribution in [0.4, 0.5) is 0 Å². The lowest BCUT2D eigenvalue weighted by Crippen LogP contribution is -2.30. The second kappa shape index (κ2) is 4.69. The van der Waals surface area contributed by atoms with Crippen LogP contribution in [0.2, 0.25) is 0 Å². The van der Waals surface area contributed by atoms with Crippen molar-refractivity contribution in [2.75, 3.05) is 6.54 Å². The predicted octanol–water partition coefficient (Wildman–Crippen LogP) is 3.56. The number of hydrogen-bond acceptors (Lipinski definition) is 1. The third kappa shape index (κ3) is 2.75. The van der Waals surface area contributed by atoms with E-state index in [1.807, 2.05) is 0 Å². The van der Waals surface area contributed by atoms with Crippen molar-refractivity contribution in [2.45, 2.75) is 59.4 Å². The maximum Gasteiger partial charge on any atom is 0.0230 e. The van der Waals surface area contributed by atoms with Gasteiger partial charge >= 0.3 is 0 Å². The zero-order valence-electron chi connectivity index (χ0n) is 9.56. The van der Waals surface area contributed by atoms with Gasteiger partial charge in [0.25, 0.3) is 0 Å². The Balaban J connectivity index is 2.80. The molecule has 0 aliphatic carbocycles. The Bertz CT molecular complexity index is 187. The Kier molecular flexibility index (Phi) is 3.83. The molecule has 0 amide bonds. The number of likely N-dealkylation sites (tertiary alicyclic amines) is 1. The van der Waals surface area contributed by atoms with Crippen LogP contribution in [0.15, 0.2) is 11.3 Å². The molecule has 1 saturated heterocycles. The highest BCUT2D eigenvalue weighted by molar-refractivity contribution is 5.10. The van der Waals surface area contributed by atoms with Gasteiger partial charge in [0.05, 0.1) is 0 Å². The van der Waals surface area contributed by atoms with E-state index < -0.39 is 0 Å². The minimum atomic E-state index is 0.669. The van der Waals surface area contributed by atoms with Gasteiger partial charge < -0.3 is 4.90 Å². The van der Waals surface area contributed by atoms with Gasteiger partial charge in [0.2, 0.25) is 0 Å². The smallest absolute Gasteiger partial charge is 0.0230 e. The van der Waals surface area contributed by atoms with Gasteiger partial charge in [0.15, 0.2) is 0 Å². The van der Waals surface area contributed by atoms with Gasteiger partial charge in [-0.1, -0.05) is 12.0 Å². The lowest BCUT2D eigenvalue weighted by Gasteiger charge is -2.31. The van der Waals surface area contributed by atoms with Crippen molar-refractivity contribution in [1.29, 1.82) is 0 Å². The van der Waals surface area contributed by atoms with Gasteiger partial charge in [-0.05, 0) is 47.0 Å². The molecular formula is C12H23N. The van der Waals surface area contributed by atoms with Crippen LogP contribution < -0.4 is 0 Å². The van der Waals surface area contributed by atoms with E-state index in [-0.39, 0.29) is 0 Å². The molecule has 0 unspecified atom stereocenters. The first-order valence-electron chi connectivity index (χ1n) is 5.56. The van der Waals surface area contributed by atoms with Crippen molar-refractivity contribution in [2.24, 2.45) is 0 Å². The van der Waals surface area contributed by atoms with Gasteiger partial charge in [-0.25, -0.2) is 0 Å². The predicted molar refractivity (Wildman–Crippen MR) is 58.7 cm³/mol. The Morgan fingerprint density at radius 1 is 1.15 bits per heavy atom. The minimum Gasteiger partial charge on any atom is -0.372 e. The Hall–Kier alpha value is -0.460. The summed E-state index contributed by atoms with van der Waals surface area (Å²) in [5.41, 5.74) is 3.11. The lowest BCUT2D eigenvalue weighted by atomic mass is 10.1. The Labute approximate surface area is 82.8 Å². The molecule has 1 aliphatic rings. The minimum absolute atomic E-state index is 0.669. The van der Waals surface area contributed by atoms with Crippen molar-refractivity contribution in [3.63, 3.8) is 0 Å². The van der Waals surface area contributed by atoms with E-state index in [2.05, 4.69) is 32.6 Å². The molecule has 0 atom stereocenters. The second-order valence-electron chi connectivity index (χ2n) is 4.54. The summed E-state index contributed by atoms with van der Waals surface area (Å²) in [7, 11) is 0. The molecule has 0 saturated carbocycles. The molecule has 76 valence electrons. The molecule has 1 heterocycles. The van der Waals surface area contributed by atoms with Crippen LogP contribution in [-0.2, 0) is 0 Å². The Morgan fingerprint density at radius 3 is 2.38 bits per heavy atom. The van der Waals surface area contributed by atoms with Gasteiger partial charge in [-0.3, -0.25) is 0 Å². The van der Waals surface area contributed by atoms with Crippen molar-refractivity contribution in [3.8, 4) is 0 Å². The van der Waals surface area contributed by atoms with Gasteiger partial charge in [0, 0.05) is 18.3 Å². The van der Waals surface area contributed by atoms with E-state index in [0.29, 0.717) is 6.04 Å². The van der Waals surface area contributed by atoms with Crippen LogP contribution in [0, 0.1) is 0 Å². The number of nitrogens with zero attached hydrogens (tertiary/aromatic N) is 1. The third-order valence-corrected chi connectivity index (χ3v) is 2.86. The molecule has 1 heteroatoms. The topological polar surface area (TPSA) is 3.24 Å². The summed E-state index contributed by atoms with van der Waals surface area (Å²) in [6, 6.07) is 0.669. The van der Waals surface area contributed by atoms with Crippen LogP contribution >= 0.6 is 0 Å². The van der Waals surface area contributed by atoms with E-state index in [0.717, 1.165) is 0 Å². The molecule has 13 heavy (non-hydrogen) atoms. The van der Waals surface area contributed by atoms with E-state index >= 15 is 0 Å².